The van der Waals surface area contributed by atoms with E-state index in [1.165, 1.54) is 19.2 Å². The first kappa shape index (κ1) is 15.3. The highest BCUT2D eigenvalue weighted by Gasteiger charge is 2.16. The Labute approximate surface area is 135 Å². The zero-order valence-electron chi connectivity index (χ0n) is 12.5. The number of carbonyl (C=O) groups is 2. The fourth-order valence-electron chi connectivity index (χ4n) is 2.25. The predicted octanol–water partition coefficient (Wildman–Crippen LogP) is 2.01. The fourth-order valence-corrected chi connectivity index (χ4v) is 2.25. The molecule has 0 spiro atoms. The van der Waals surface area contributed by atoms with E-state index in [9.17, 15) is 19.8 Å². The van der Waals surface area contributed by atoms with Gasteiger partial charge in [0.15, 0.2) is 5.69 Å². The second-order valence-electron chi connectivity index (χ2n) is 4.98. The predicted molar refractivity (Wildman–Crippen MR) is 85.2 cm³/mol. The van der Waals surface area contributed by atoms with Crippen LogP contribution in [0.1, 0.15) is 20.8 Å². The molecular weight excluding hydrogens is 314 g/mol. The average Bonchev–Trinajstić information content (AvgIpc) is 2.97. The van der Waals surface area contributed by atoms with Crippen LogP contribution in [0.15, 0.2) is 36.4 Å². The number of aromatic amines is 1. The highest BCUT2D eigenvalue weighted by Crippen LogP contribution is 2.25. The number of nitrogens with zero attached hydrogens (tertiary/aromatic N) is 1. The number of aromatic hydroxyl groups is 2. The van der Waals surface area contributed by atoms with Crippen molar-refractivity contribution in [2.45, 2.75) is 0 Å². The molecule has 0 radical (unpaired) electrons. The Hall–Kier alpha value is -3.55. The third-order valence-corrected chi connectivity index (χ3v) is 3.43. The standard InChI is InChI=1S/C16H13N3O5/c1-24-16(23)14-11-6-8(2-5-12(11)18-19-14)17-15(22)10-4-3-9(20)7-13(10)21/h2-7,20-21H,1H3,(H,17,22)(H,18,19). The molecule has 8 nitrogen and oxygen atoms in total. The lowest BCUT2D eigenvalue weighted by Gasteiger charge is -2.07. The third kappa shape index (κ3) is 2.72. The number of aromatic nitrogens is 2. The maximum atomic E-state index is 12.2. The first-order valence-electron chi connectivity index (χ1n) is 6.89. The summed E-state index contributed by atoms with van der Waals surface area (Å²) >= 11 is 0. The lowest BCUT2D eigenvalue weighted by molar-refractivity contribution is 0.0596. The number of H-pyrrole nitrogens is 1. The van der Waals surface area contributed by atoms with Gasteiger partial charge in [-0.15, -0.1) is 0 Å². The van der Waals surface area contributed by atoms with Crippen molar-refractivity contribution < 1.29 is 24.5 Å². The minimum atomic E-state index is -0.596. The van der Waals surface area contributed by atoms with Crippen molar-refractivity contribution in [1.82, 2.24) is 10.2 Å². The number of anilines is 1. The van der Waals surface area contributed by atoms with E-state index in [0.29, 0.717) is 16.6 Å². The van der Waals surface area contributed by atoms with E-state index in [0.717, 1.165) is 6.07 Å². The van der Waals surface area contributed by atoms with Gasteiger partial charge in [0.05, 0.1) is 18.2 Å². The number of rotatable bonds is 3. The summed E-state index contributed by atoms with van der Waals surface area (Å²) in [5.41, 5.74) is 1.14. The van der Waals surface area contributed by atoms with Crippen molar-refractivity contribution >= 4 is 28.5 Å². The Morgan fingerprint density at radius 2 is 1.96 bits per heavy atom. The number of methoxy groups -OCH3 is 1. The van der Waals surface area contributed by atoms with Crippen molar-refractivity contribution in [3.63, 3.8) is 0 Å². The first-order valence-corrected chi connectivity index (χ1v) is 6.89. The zero-order chi connectivity index (χ0) is 17.3. The number of hydrogen-bond acceptors (Lipinski definition) is 6. The lowest BCUT2D eigenvalue weighted by Crippen LogP contribution is -2.12. The molecule has 0 fully saturated rings. The number of hydrogen-bond donors (Lipinski definition) is 4. The monoisotopic (exact) mass is 327 g/mol. The van der Waals surface area contributed by atoms with Crippen LogP contribution in [0.25, 0.3) is 10.9 Å². The van der Waals surface area contributed by atoms with Gasteiger partial charge in [-0.25, -0.2) is 4.79 Å². The van der Waals surface area contributed by atoms with Crippen LogP contribution in [-0.4, -0.2) is 39.4 Å². The third-order valence-electron chi connectivity index (χ3n) is 3.43. The van der Waals surface area contributed by atoms with Crippen LogP contribution in [0, 0.1) is 0 Å². The highest BCUT2D eigenvalue weighted by molar-refractivity contribution is 6.08. The van der Waals surface area contributed by atoms with E-state index in [2.05, 4.69) is 20.3 Å². The van der Waals surface area contributed by atoms with E-state index in [4.69, 9.17) is 0 Å². The van der Waals surface area contributed by atoms with Gasteiger partial charge in [-0.3, -0.25) is 9.89 Å². The molecule has 4 N–H and O–H groups in total. The van der Waals surface area contributed by atoms with Crippen LogP contribution in [-0.2, 0) is 4.74 Å². The molecular formula is C16H13N3O5. The summed E-state index contributed by atoms with van der Waals surface area (Å²) < 4.78 is 4.65. The fraction of sp³-hybridized carbons (Fsp3) is 0.0625. The van der Waals surface area contributed by atoms with Gasteiger partial charge in [0, 0.05) is 17.1 Å². The molecule has 3 rings (SSSR count). The van der Waals surface area contributed by atoms with Gasteiger partial charge in [0.2, 0.25) is 0 Å². The number of nitrogens with one attached hydrogen (secondary N) is 2. The molecule has 0 aliphatic rings. The topological polar surface area (TPSA) is 125 Å². The van der Waals surface area contributed by atoms with Gasteiger partial charge in [-0.1, -0.05) is 0 Å². The molecule has 2 aromatic carbocycles. The van der Waals surface area contributed by atoms with Gasteiger partial charge in [-0.2, -0.15) is 5.10 Å². The number of esters is 1. The average molecular weight is 327 g/mol. The number of carbonyl (C=O) groups excluding carboxylic acids is 2. The molecule has 0 unspecified atom stereocenters. The molecule has 0 atom stereocenters. The van der Waals surface area contributed by atoms with E-state index >= 15 is 0 Å². The summed E-state index contributed by atoms with van der Waals surface area (Å²) in [4.78, 5) is 23.9. The quantitative estimate of drug-likeness (QED) is 0.545. The van der Waals surface area contributed by atoms with Crippen LogP contribution in [0.4, 0.5) is 5.69 Å². The number of fused-ring (bicyclic) bond motifs is 1. The van der Waals surface area contributed by atoms with E-state index in [1.807, 2.05) is 0 Å². The molecule has 1 heterocycles. The molecule has 3 aromatic rings. The van der Waals surface area contributed by atoms with Crippen molar-refractivity contribution in [2.24, 2.45) is 0 Å². The summed E-state index contributed by atoms with van der Waals surface area (Å²) in [6.45, 7) is 0. The molecule has 0 aliphatic carbocycles. The molecule has 122 valence electrons. The molecule has 0 aliphatic heterocycles. The number of benzene rings is 2. The summed E-state index contributed by atoms with van der Waals surface area (Å²) in [5, 5.41) is 28.7. The molecule has 24 heavy (non-hydrogen) atoms. The van der Waals surface area contributed by atoms with Gasteiger partial charge in [-0.05, 0) is 30.3 Å². The van der Waals surface area contributed by atoms with Crippen molar-refractivity contribution in [3.8, 4) is 11.5 Å². The minimum Gasteiger partial charge on any atom is -0.508 e. The van der Waals surface area contributed by atoms with Gasteiger partial charge < -0.3 is 20.3 Å². The molecule has 0 bridgehead atoms. The second-order valence-corrected chi connectivity index (χ2v) is 4.98. The van der Waals surface area contributed by atoms with Crippen molar-refractivity contribution in [2.75, 3.05) is 12.4 Å². The Bertz CT molecular complexity index is 948. The molecule has 0 saturated heterocycles. The molecule has 1 amide bonds. The minimum absolute atomic E-state index is 0.00767. The van der Waals surface area contributed by atoms with Crippen molar-refractivity contribution in [1.29, 1.82) is 0 Å². The van der Waals surface area contributed by atoms with Crippen LogP contribution < -0.4 is 5.32 Å². The van der Waals surface area contributed by atoms with Crippen LogP contribution >= 0.6 is 0 Å². The molecule has 0 saturated carbocycles. The lowest BCUT2D eigenvalue weighted by atomic mass is 10.1. The van der Waals surface area contributed by atoms with E-state index < -0.39 is 11.9 Å². The SMILES string of the molecule is COC(=O)c1n[nH]c2ccc(NC(=O)c3ccc(O)cc3O)cc12. The van der Waals surface area contributed by atoms with Crippen molar-refractivity contribution in [3.05, 3.63) is 47.7 Å². The second kappa shape index (κ2) is 5.92. The Morgan fingerprint density at radius 1 is 1.17 bits per heavy atom. The Balaban J connectivity index is 1.92. The van der Waals surface area contributed by atoms with Crippen LogP contribution in [0.3, 0.4) is 0 Å². The van der Waals surface area contributed by atoms with Gasteiger partial charge >= 0.3 is 5.97 Å². The van der Waals surface area contributed by atoms with Crippen LogP contribution in [0.2, 0.25) is 0 Å². The Morgan fingerprint density at radius 3 is 2.67 bits per heavy atom. The highest BCUT2D eigenvalue weighted by atomic mass is 16.5. The van der Waals surface area contributed by atoms with Gasteiger partial charge in [0.25, 0.3) is 5.91 Å². The normalized spacial score (nSPS) is 10.5. The largest absolute Gasteiger partial charge is 0.508 e. The summed E-state index contributed by atoms with van der Waals surface area (Å²) in [6.07, 6.45) is 0. The smallest absolute Gasteiger partial charge is 0.359 e. The number of amides is 1. The maximum absolute atomic E-state index is 12.2. The number of phenolic OH excluding ortho intramolecular Hbond substituents is 2. The van der Waals surface area contributed by atoms with E-state index in [-0.39, 0.29) is 22.8 Å². The van der Waals surface area contributed by atoms with Crippen LogP contribution in [0.5, 0.6) is 11.5 Å². The number of ether oxygens (including phenoxy) is 1. The van der Waals surface area contributed by atoms with E-state index in [1.54, 1.807) is 18.2 Å². The van der Waals surface area contributed by atoms with Gasteiger partial charge in [0.1, 0.15) is 11.5 Å². The Kier molecular flexibility index (Phi) is 3.78. The first-order chi connectivity index (χ1) is 11.5. The maximum Gasteiger partial charge on any atom is 0.359 e. The zero-order valence-corrected chi connectivity index (χ0v) is 12.5. The summed E-state index contributed by atoms with van der Waals surface area (Å²) in [6, 6.07) is 8.52. The molecule has 1 aromatic heterocycles. The summed E-state index contributed by atoms with van der Waals surface area (Å²) in [5.74, 6) is -1.64. The number of phenols is 2. The summed E-state index contributed by atoms with van der Waals surface area (Å²) in [7, 11) is 1.25. The molecule has 8 heteroatoms.